The predicted molar refractivity (Wildman–Crippen MR) is 119 cm³/mol. The van der Waals surface area contributed by atoms with Gasteiger partial charge in [-0.1, -0.05) is 46.3 Å². The molecule has 0 bridgehead atoms. The van der Waals surface area contributed by atoms with E-state index in [1.807, 2.05) is 36.0 Å². The first-order chi connectivity index (χ1) is 13.9. The van der Waals surface area contributed by atoms with E-state index in [2.05, 4.69) is 28.1 Å². The van der Waals surface area contributed by atoms with Crippen LogP contribution in [0.25, 0.3) is 0 Å². The van der Waals surface area contributed by atoms with Gasteiger partial charge < -0.3 is 9.84 Å². The van der Waals surface area contributed by atoms with Gasteiger partial charge in [-0.15, -0.1) is 0 Å². The zero-order valence-corrected chi connectivity index (χ0v) is 18.8. The molecule has 2 aromatic rings. The monoisotopic (exact) mass is 476 g/mol. The van der Waals surface area contributed by atoms with E-state index in [1.54, 1.807) is 12.1 Å². The van der Waals surface area contributed by atoms with Crippen LogP contribution in [0.2, 0.25) is 0 Å². The Hall–Kier alpha value is -1.79. The van der Waals surface area contributed by atoms with Gasteiger partial charge in [0.1, 0.15) is 0 Å². The van der Waals surface area contributed by atoms with Crippen molar-refractivity contribution in [2.24, 2.45) is 5.41 Å². The maximum atomic E-state index is 11.7. The number of ether oxygens (including phenoxy) is 1. The molecule has 0 aliphatic heterocycles. The molecule has 0 aromatic heterocycles. The van der Waals surface area contributed by atoms with Crippen LogP contribution in [0.4, 0.5) is 0 Å². The predicted octanol–water partition coefficient (Wildman–Crippen LogP) is 5.90. The summed E-state index contributed by atoms with van der Waals surface area (Å²) in [7, 11) is 1.44. The number of aryl methyl sites for hydroxylation is 1. The van der Waals surface area contributed by atoms with E-state index in [-0.39, 0.29) is 16.6 Å². The van der Waals surface area contributed by atoms with Crippen molar-refractivity contribution in [3.63, 3.8) is 0 Å². The summed E-state index contributed by atoms with van der Waals surface area (Å²) in [6, 6.07) is 15.5. The number of benzene rings is 2. The van der Waals surface area contributed by atoms with Crippen molar-refractivity contribution in [3.8, 4) is 0 Å². The van der Waals surface area contributed by atoms with Crippen LogP contribution in [0.15, 0.2) is 53.0 Å². The lowest BCUT2D eigenvalue weighted by Gasteiger charge is -2.21. The summed E-state index contributed by atoms with van der Waals surface area (Å²) in [4.78, 5) is 23.3. The normalized spacial score (nSPS) is 15.5. The van der Waals surface area contributed by atoms with Gasteiger partial charge >= 0.3 is 11.9 Å². The molecular formula is C23H25BrO4S. The number of rotatable bonds is 10. The molecule has 0 heterocycles. The van der Waals surface area contributed by atoms with Crippen LogP contribution in [0.5, 0.6) is 0 Å². The smallest absolute Gasteiger partial charge is 0.335 e. The molecule has 1 N–H and O–H groups in total. The number of methoxy groups -OCH3 is 1. The van der Waals surface area contributed by atoms with Crippen molar-refractivity contribution in [3.05, 3.63) is 69.7 Å². The fourth-order valence-electron chi connectivity index (χ4n) is 3.49. The number of hydrogen-bond donors (Lipinski definition) is 1. The van der Waals surface area contributed by atoms with Gasteiger partial charge in [-0.25, -0.2) is 4.79 Å². The van der Waals surface area contributed by atoms with Gasteiger partial charge in [-0.3, -0.25) is 4.79 Å². The van der Waals surface area contributed by atoms with Crippen molar-refractivity contribution in [1.29, 1.82) is 0 Å². The Balaban J connectivity index is 1.72. The zero-order valence-electron chi connectivity index (χ0n) is 16.4. The van der Waals surface area contributed by atoms with Gasteiger partial charge in [0.15, 0.2) is 0 Å². The molecule has 0 saturated heterocycles. The van der Waals surface area contributed by atoms with Crippen LogP contribution >= 0.6 is 27.7 Å². The van der Waals surface area contributed by atoms with Crippen LogP contribution < -0.4 is 0 Å². The average Bonchev–Trinajstić information content (AvgIpc) is 3.47. The number of carboxylic acid groups (broad SMARTS) is 1. The lowest BCUT2D eigenvalue weighted by molar-refractivity contribution is -0.141. The second kappa shape index (κ2) is 9.81. The summed E-state index contributed by atoms with van der Waals surface area (Å²) in [6.45, 7) is 0. The molecule has 1 atom stereocenters. The summed E-state index contributed by atoms with van der Waals surface area (Å²) in [5, 5.41) is 9.68. The van der Waals surface area contributed by atoms with E-state index < -0.39 is 5.97 Å². The second-order valence-electron chi connectivity index (χ2n) is 7.61. The fraction of sp³-hybridized carbons (Fsp3) is 0.391. The first kappa shape index (κ1) is 21.9. The average molecular weight is 477 g/mol. The standard InChI is InChI=1S/C23H25BrO4S/c1-28-21(25)14-23(11-12-23)15-29-20(17-6-4-7-18(24)13-17)10-9-16-5-2-3-8-19(16)22(26)27/h2-8,13,20H,9-12,14-15H2,1H3,(H,26,27)/t20-/m1/s1. The first-order valence-corrected chi connectivity index (χ1v) is 11.5. The van der Waals surface area contributed by atoms with Crippen molar-refractivity contribution in [2.75, 3.05) is 12.9 Å². The Labute approximate surface area is 184 Å². The lowest BCUT2D eigenvalue weighted by Crippen LogP contribution is -2.14. The van der Waals surface area contributed by atoms with E-state index in [0.29, 0.717) is 18.4 Å². The first-order valence-electron chi connectivity index (χ1n) is 9.67. The molecule has 0 spiro atoms. The molecule has 0 radical (unpaired) electrons. The maximum absolute atomic E-state index is 11.7. The molecule has 1 aliphatic rings. The van der Waals surface area contributed by atoms with Gasteiger partial charge in [0.2, 0.25) is 0 Å². The van der Waals surface area contributed by atoms with Gasteiger partial charge in [0, 0.05) is 15.5 Å². The molecule has 3 rings (SSSR count). The molecule has 0 unspecified atom stereocenters. The molecule has 1 saturated carbocycles. The highest BCUT2D eigenvalue weighted by atomic mass is 79.9. The highest BCUT2D eigenvalue weighted by Crippen LogP contribution is 2.53. The summed E-state index contributed by atoms with van der Waals surface area (Å²) in [5.74, 6) is -0.125. The van der Waals surface area contributed by atoms with Crippen LogP contribution in [-0.2, 0) is 16.0 Å². The molecular weight excluding hydrogens is 452 g/mol. The number of carboxylic acids is 1. The Bertz CT molecular complexity index is 879. The topological polar surface area (TPSA) is 63.6 Å². The molecule has 1 fully saturated rings. The third-order valence-electron chi connectivity index (χ3n) is 5.44. The highest BCUT2D eigenvalue weighted by molar-refractivity contribution is 9.10. The van der Waals surface area contributed by atoms with E-state index in [4.69, 9.17) is 4.74 Å². The van der Waals surface area contributed by atoms with Crippen LogP contribution in [0, 0.1) is 5.41 Å². The van der Waals surface area contributed by atoms with E-state index in [1.165, 1.54) is 12.7 Å². The van der Waals surface area contributed by atoms with Gasteiger partial charge in [0.25, 0.3) is 0 Å². The van der Waals surface area contributed by atoms with Crippen LogP contribution in [-0.4, -0.2) is 29.9 Å². The van der Waals surface area contributed by atoms with Crippen molar-refractivity contribution in [1.82, 2.24) is 0 Å². The molecule has 1 aliphatic carbocycles. The molecule has 6 heteroatoms. The Morgan fingerprint density at radius 2 is 1.97 bits per heavy atom. The van der Waals surface area contributed by atoms with Crippen molar-refractivity contribution in [2.45, 2.75) is 37.4 Å². The van der Waals surface area contributed by atoms with Crippen molar-refractivity contribution < 1.29 is 19.4 Å². The summed E-state index contributed by atoms with van der Waals surface area (Å²) in [6.07, 6.45) is 4.12. The summed E-state index contributed by atoms with van der Waals surface area (Å²) >= 11 is 5.42. The fourth-order valence-corrected chi connectivity index (χ4v) is 5.48. The number of carbonyl (C=O) groups excluding carboxylic acids is 1. The molecule has 154 valence electrons. The molecule has 4 nitrogen and oxygen atoms in total. The number of hydrogen-bond acceptors (Lipinski definition) is 4. The minimum absolute atomic E-state index is 0.0565. The number of halogens is 1. The van der Waals surface area contributed by atoms with Crippen LogP contribution in [0.3, 0.4) is 0 Å². The van der Waals surface area contributed by atoms with Gasteiger partial charge in [0.05, 0.1) is 19.1 Å². The Morgan fingerprint density at radius 1 is 1.21 bits per heavy atom. The summed E-state index contributed by atoms with van der Waals surface area (Å²) in [5.41, 5.74) is 2.50. The maximum Gasteiger partial charge on any atom is 0.335 e. The van der Waals surface area contributed by atoms with E-state index >= 15 is 0 Å². The van der Waals surface area contributed by atoms with Crippen LogP contribution in [0.1, 0.15) is 52.4 Å². The Morgan fingerprint density at radius 3 is 2.62 bits per heavy atom. The number of carbonyl (C=O) groups is 2. The minimum Gasteiger partial charge on any atom is -0.478 e. The van der Waals surface area contributed by atoms with E-state index in [0.717, 1.165) is 35.1 Å². The lowest BCUT2D eigenvalue weighted by atomic mass is 9.99. The van der Waals surface area contributed by atoms with Gasteiger partial charge in [-0.2, -0.15) is 11.8 Å². The highest BCUT2D eigenvalue weighted by Gasteiger charge is 2.45. The molecule has 2 aromatic carbocycles. The Kier molecular flexibility index (Phi) is 7.41. The second-order valence-corrected chi connectivity index (χ2v) is 9.72. The number of aromatic carboxylic acids is 1. The molecule has 29 heavy (non-hydrogen) atoms. The zero-order chi connectivity index (χ0) is 20.9. The third-order valence-corrected chi connectivity index (χ3v) is 7.62. The quantitative estimate of drug-likeness (QED) is 0.432. The third kappa shape index (κ3) is 6.09. The van der Waals surface area contributed by atoms with E-state index in [9.17, 15) is 14.7 Å². The molecule has 0 amide bonds. The number of thioether (sulfide) groups is 1. The number of esters is 1. The summed E-state index contributed by atoms with van der Waals surface area (Å²) < 4.78 is 5.89. The SMILES string of the molecule is COC(=O)CC1(CS[C@H](CCc2ccccc2C(=O)O)c2cccc(Br)c2)CC1. The minimum atomic E-state index is -0.887. The van der Waals surface area contributed by atoms with Crippen molar-refractivity contribution >= 4 is 39.6 Å². The van der Waals surface area contributed by atoms with Gasteiger partial charge in [-0.05, 0) is 60.4 Å². The largest absolute Gasteiger partial charge is 0.478 e.